The molecule has 1 aliphatic rings. The Bertz CT molecular complexity index is 363. The van der Waals surface area contributed by atoms with Crippen molar-refractivity contribution in [3.8, 4) is 11.8 Å². The zero-order valence-corrected chi connectivity index (χ0v) is 14.4. The van der Waals surface area contributed by atoms with E-state index >= 15 is 0 Å². The van der Waals surface area contributed by atoms with Gasteiger partial charge in [0, 0.05) is 0 Å². The van der Waals surface area contributed by atoms with Crippen molar-refractivity contribution in [3.63, 3.8) is 0 Å². The molecule has 0 aromatic carbocycles. The molecule has 0 radical (unpaired) electrons. The van der Waals surface area contributed by atoms with Crippen LogP contribution in [0, 0.1) is 11.8 Å². The van der Waals surface area contributed by atoms with Gasteiger partial charge in [-0.05, 0) is 49.4 Å². The summed E-state index contributed by atoms with van der Waals surface area (Å²) in [6.07, 6.45) is 10.1. The van der Waals surface area contributed by atoms with Gasteiger partial charge in [-0.1, -0.05) is 51.5 Å². The molecule has 19 heavy (non-hydrogen) atoms. The highest BCUT2D eigenvalue weighted by Crippen LogP contribution is 2.36. The van der Waals surface area contributed by atoms with E-state index in [9.17, 15) is 0 Å². The summed E-state index contributed by atoms with van der Waals surface area (Å²) in [7, 11) is -1.63. The minimum Gasteiger partial charge on any atom is -0.406 e. The molecule has 0 saturated heterocycles. The number of hydrogen-bond acceptors (Lipinski definition) is 1. The third-order valence-electron chi connectivity index (χ3n) is 4.35. The summed E-state index contributed by atoms with van der Waals surface area (Å²) in [4.78, 5) is 0. The van der Waals surface area contributed by atoms with Crippen molar-refractivity contribution in [2.45, 2.75) is 77.4 Å². The Balaban J connectivity index is 2.46. The molecule has 1 nitrogen and oxygen atoms in total. The molecule has 1 rings (SSSR count). The first-order valence-electron chi connectivity index (χ1n) is 7.65. The fraction of sp³-hybridized carbons (Fsp3) is 0.765. The maximum atomic E-state index is 6.08. The molecule has 0 aliphatic heterocycles. The van der Waals surface area contributed by atoms with Crippen LogP contribution < -0.4 is 0 Å². The SMILES string of the molecule is CC(C)(C)[Si](C)(C)OCC#C/C1=C/CCCCCC1. The van der Waals surface area contributed by atoms with Crippen molar-refractivity contribution < 1.29 is 4.43 Å². The summed E-state index contributed by atoms with van der Waals surface area (Å²) in [5.74, 6) is 6.55. The zero-order valence-electron chi connectivity index (χ0n) is 13.4. The fourth-order valence-electron chi connectivity index (χ4n) is 1.89. The van der Waals surface area contributed by atoms with Gasteiger partial charge in [-0.2, -0.15) is 0 Å². The van der Waals surface area contributed by atoms with Crippen molar-refractivity contribution in [3.05, 3.63) is 11.6 Å². The Morgan fingerprint density at radius 3 is 2.53 bits per heavy atom. The van der Waals surface area contributed by atoms with Crippen molar-refractivity contribution in [1.29, 1.82) is 0 Å². The lowest BCUT2D eigenvalue weighted by atomic mass is 10.0. The van der Waals surface area contributed by atoms with E-state index in [2.05, 4.69) is 51.8 Å². The second-order valence-electron chi connectivity index (χ2n) is 7.03. The van der Waals surface area contributed by atoms with Gasteiger partial charge in [0.1, 0.15) is 0 Å². The van der Waals surface area contributed by atoms with Crippen LogP contribution in [-0.4, -0.2) is 14.9 Å². The Hall–Kier alpha value is -0.523. The molecule has 0 fully saturated rings. The molecule has 0 atom stereocenters. The molecule has 0 aromatic heterocycles. The van der Waals surface area contributed by atoms with Gasteiger partial charge in [0.2, 0.25) is 0 Å². The van der Waals surface area contributed by atoms with Crippen LogP contribution in [0.2, 0.25) is 18.1 Å². The van der Waals surface area contributed by atoms with Crippen LogP contribution >= 0.6 is 0 Å². The van der Waals surface area contributed by atoms with E-state index in [1.165, 1.54) is 37.7 Å². The Kier molecular flexibility index (Phi) is 6.36. The Morgan fingerprint density at radius 1 is 1.16 bits per heavy atom. The highest BCUT2D eigenvalue weighted by Gasteiger charge is 2.36. The summed E-state index contributed by atoms with van der Waals surface area (Å²) in [5, 5.41) is 0.272. The van der Waals surface area contributed by atoms with Gasteiger partial charge in [-0.15, -0.1) is 0 Å². The van der Waals surface area contributed by atoms with E-state index in [0.717, 1.165) is 6.42 Å². The highest BCUT2D eigenvalue weighted by molar-refractivity contribution is 6.74. The van der Waals surface area contributed by atoms with Gasteiger partial charge in [0.15, 0.2) is 8.32 Å². The molecule has 0 unspecified atom stereocenters. The lowest BCUT2D eigenvalue weighted by molar-refractivity contribution is 0.334. The minimum atomic E-state index is -1.63. The maximum Gasteiger partial charge on any atom is 0.193 e. The third-order valence-corrected chi connectivity index (χ3v) is 8.83. The molecule has 0 spiro atoms. The summed E-state index contributed by atoms with van der Waals surface area (Å²) >= 11 is 0. The van der Waals surface area contributed by atoms with E-state index in [1.807, 2.05) is 0 Å². The molecule has 2 heteroatoms. The van der Waals surface area contributed by atoms with Gasteiger partial charge in [-0.25, -0.2) is 0 Å². The summed E-state index contributed by atoms with van der Waals surface area (Å²) in [6.45, 7) is 12.0. The first-order chi connectivity index (χ1) is 8.83. The second kappa shape index (κ2) is 7.31. The summed E-state index contributed by atoms with van der Waals surface area (Å²) < 4.78 is 6.08. The highest BCUT2D eigenvalue weighted by atomic mass is 28.4. The standard InChI is InChI=1S/C17H30OSi/c1-17(2,3)19(4,5)18-15-11-14-16-12-9-7-6-8-10-13-16/h12H,6-10,13,15H2,1-5H3/b16-12+. The minimum absolute atomic E-state index is 0.272. The van der Waals surface area contributed by atoms with Gasteiger partial charge < -0.3 is 4.43 Å². The number of rotatable bonds is 2. The normalized spacial score (nSPS) is 20.6. The van der Waals surface area contributed by atoms with Gasteiger partial charge in [0.05, 0.1) is 6.61 Å². The van der Waals surface area contributed by atoms with Crippen LogP contribution in [0.1, 0.15) is 59.3 Å². The molecule has 0 saturated carbocycles. The Morgan fingerprint density at radius 2 is 1.84 bits per heavy atom. The van der Waals surface area contributed by atoms with Gasteiger partial charge in [-0.3, -0.25) is 0 Å². The van der Waals surface area contributed by atoms with E-state index in [1.54, 1.807) is 0 Å². The topological polar surface area (TPSA) is 9.23 Å². The third kappa shape index (κ3) is 5.97. The molecule has 108 valence electrons. The average molecular weight is 279 g/mol. The van der Waals surface area contributed by atoms with Crippen molar-refractivity contribution in [2.75, 3.05) is 6.61 Å². The maximum absolute atomic E-state index is 6.08. The smallest absolute Gasteiger partial charge is 0.193 e. The fourth-order valence-corrected chi connectivity index (χ4v) is 2.75. The molecular weight excluding hydrogens is 248 g/mol. The molecule has 1 aliphatic carbocycles. The predicted octanol–water partition coefficient (Wildman–Crippen LogP) is 5.29. The van der Waals surface area contributed by atoms with Crippen LogP contribution in [-0.2, 0) is 4.43 Å². The number of hydrogen-bond donors (Lipinski definition) is 0. The van der Waals surface area contributed by atoms with Crippen LogP contribution in [0.3, 0.4) is 0 Å². The van der Waals surface area contributed by atoms with Crippen molar-refractivity contribution in [2.24, 2.45) is 0 Å². The Labute approximate surface area is 120 Å². The second-order valence-corrected chi connectivity index (χ2v) is 11.8. The van der Waals surface area contributed by atoms with Crippen molar-refractivity contribution in [1.82, 2.24) is 0 Å². The van der Waals surface area contributed by atoms with E-state index < -0.39 is 8.32 Å². The number of allylic oxidation sites excluding steroid dienone is 2. The van der Waals surface area contributed by atoms with E-state index in [4.69, 9.17) is 4.43 Å². The first kappa shape index (κ1) is 16.5. The van der Waals surface area contributed by atoms with E-state index in [0.29, 0.717) is 6.61 Å². The van der Waals surface area contributed by atoms with Gasteiger partial charge in [0.25, 0.3) is 0 Å². The zero-order chi connectivity index (χ0) is 14.4. The quantitative estimate of drug-likeness (QED) is 0.492. The molecule has 0 aromatic rings. The van der Waals surface area contributed by atoms with Crippen LogP contribution in [0.25, 0.3) is 0 Å². The van der Waals surface area contributed by atoms with Crippen LogP contribution in [0.5, 0.6) is 0 Å². The first-order valence-corrected chi connectivity index (χ1v) is 10.6. The van der Waals surface area contributed by atoms with Crippen LogP contribution in [0.4, 0.5) is 0 Å². The van der Waals surface area contributed by atoms with Gasteiger partial charge >= 0.3 is 0 Å². The monoisotopic (exact) mass is 278 g/mol. The summed E-state index contributed by atoms with van der Waals surface area (Å²) in [5.41, 5.74) is 1.33. The predicted molar refractivity (Wildman–Crippen MR) is 86.7 cm³/mol. The molecule has 0 heterocycles. The average Bonchev–Trinajstić information content (AvgIpc) is 2.24. The molecule has 0 amide bonds. The largest absolute Gasteiger partial charge is 0.406 e. The van der Waals surface area contributed by atoms with Crippen molar-refractivity contribution >= 4 is 8.32 Å². The molecular formula is C17H30OSi. The lowest BCUT2D eigenvalue weighted by Gasteiger charge is -2.35. The molecule has 0 N–H and O–H groups in total. The molecule has 0 bridgehead atoms. The lowest BCUT2D eigenvalue weighted by Crippen LogP contribution is -2.40. The van der Waals surface area contributed by atoms with E-state index in [-0.39, 0.29) is 5.04 Å². The van der Waals surface area contributed by atoms with Crippen LogP contribution in [0.15, 0.2) is 11.6 Å². The summed E-state index contributed by atoms with van der Waals surface area (Å²) in [6, 6.07) is 0.